The molecule has 2 fully saturated rings. The van der Waals surface area contributed by atoms with E-state index in [4.69, 9.17) is 0 Å². The molecule has 0 spiro atoms. The van der Waals surface area contributed by atoms with Crippen LogP contribution < -0.4 is 0 Å². The molecule has 0 radical (unpaired) electrons. The lowest BCUT2D eigenvalue weighted by Gasteiger charge is -2.21. The van der Waals surface area contributed by atoms with E-state index in [1.165, 1.54) is 5.56 Å². The van der Waals surface area contributed by atoms with Crippen molar-refractivity contribution in [1.82, 2.24) is 9.80 Å². The van der Waals surface area contributed by atoms with Crippen LogP contribution in [0.4, 0.5) is 0 Å². The molecule has 0 unspecified atom stereocenters. The molecule has 26 heavy (non-hydrogen) atoms. The van der Waals surface area contributed by atoms with E-state index in [0.29, 0.717) is 6.54 Å². The topological polar surface area (TPSA) is 40.6 Å². The molecule has 1 heterocycles. The number of unbranched alkanes of at least 4 members (excludes halogenated alkanes) is 2. The van der Waals surface area contributed by atoms with Crippen LogP contribution in [0.2, 0.25) is 0 Å². The van der Waals surface area contributed by atoms with Crippen LogP contribution in [0.25, 0.3) is 0 Å². The van der Waals surface area contributed by atoms with Crippen LogP contribution in [0.5, 0.6) is 0 Å². The molecular weight excluding hydrogens is 324 g/mol. The lowest BCUT2D eigenvalue weighted by molar-refractivity contribution is -0.139. The Balaban J connectivity index is 1.37. The smallest absolute Gasteiger partial charge is 0.233 e. The molecule has 1 aliphatic heterocycles. The quantitative estimate of drug-likeness (QED) is 0.498. The number of imide groups is 1. The van der Waals surface area contributed by atoms with E-state index in [1.807, 2.05) is 0 Å². The third kappa shape index (κ3) is 4.53. The Morgan fingerprint density at radius 3 is 2.23 bits per heavy atom. The number of nitrogens with zero attached hydrogens (tertiary/aromatic N) is 2. The van der Waals surface area contributed by atoms with Crippen molar-refractivity contribution in [3.05, 3.63) is 35.9 Å². The molecule has 1 aliphatic carbocycles. The van der Waals surface area contributed by atoms with E-state index in [1.54, 1.807) is 4.90 Å². The summed E-state index contributed by atoms with van der Waals surface area (Å²) in [5.74, 6) is 0.216. The number of hydrogen-bond acceptors (Lipinski definition) is 3. The Kier molecular flexibility index (Phi) is 6.84. The van der Waals surface area contributed by atoms with Crippen LogP contribution in [0.15, 0.2) is 30.3 Å². The Labute approximate surface area is 157 Å². The van der Waals surface area contributed by atoms with Gasteiger partial charge in [-0.2, -0.15) is 0 Å². The van der Waals surface area contributed by atoms with E-state index >= 15 is 0 Å². The molecule has 2 aliphatic rings. The summed E-state index contributed by atoms with van der Waals surface area (Å²) in [6.45, 7) is 5.92. The highest BCUT2D eigenvalue weighted by Gasteiger charge is 2.47. The van der Waals surface area contributed by atoms with Gasteiger partial charge in [0.1, 0.15) is 0 Å². The third-order valence-electron chi connectivity index (χ3n) is 5.98. The van der Waals surface area contributed by atoms with Crippen molar-refractivity contribution in [2.75, 3.05) is 19.6 Å². The zero-order valence-electron chi connectivity index (χ0n) is 16.0. The molecule has 3 rings (SSSR count). The first-order valence-electron chi connectivity index (χ1n) is 10.3. The highest BCUT2D eigenvalue weighted by molar-refractivity contribution is 6.05. The highest BCUT2D eigenvalue weighted by atomic mass is 16.2. The number of benzene rings is 1. The molecule has 1 saturated carbocycles. The van der Waals surface area contributed by atoms with E-state index in [0.717, 1.165) is 64.6 Å². The molecule has 4 nitrogen and oxygen atoms in total. The third-order valence-corrected chi connectivity index (χ3v) is 5.98. The fourth-order valence-electron chi connectivity index (χ4n) is 4.42. The van der Waals surface area contributed by atoms with Gasteiger partial charge >= 0.3 is 0 Å². The molecule has 1 aromatic rings. The second kappa shape index (κ2) is 9.31. The predicted molar refractivity (Wildman–Crippen MR) is 103 cm³/mol. The average molecular weight is 357 g/mol. The molecule has 0 aromatic heterocycles. The number of rotatable bonds is 9. The molecule has 2 amide bonds. The van der Waals surface area contributed by atoms with Gasteiger partial charge in [-0.1, -0.05) is 56.5 Å². The summed E-state index contributed by atoms with van der Waals surface area (Å²) >= 11 is 0. The zero-order valence-corrected chi connectivity index (χ0v) is 16.0. The van der Waals surface area contributed by atoms with Gasteiger partial charge in [-0.05, 0) is 44.3 Å². The van der Waals surface area contributed by atoms with Gasteiger partial charge < -0.3 is 0 Å². The molecular formula is C22H32N2O2. The SMILES string of the molecule is CCN(CCCCCN1C(=O)[C@H]2CCCC[C@H]2C1=O)Cc1ccccc1. The standard InChI is InChI=1S/C22H32N2O2/c1-2-23(17-18-11-5-3-6-12-18)15-9-4-10-16-24-21(25)19-13-7-8-14-20(19)22(24)26/h3,5-6,11-12,19-20H,2,4,7-10,13-17H2,1H3/t19-,20+. The second-order valence-electron chi connectivity index (χ2n) is 7.74. The minimum absolute atomic E-state index is 0.00212. The number of hydrogen-bond donors (Lipinski definition) is 0. The molecule has 4 heteroatoms. The van der Waals surface area contributed by atoms with Crippen molar-refractivity contribution in [3.8, 4) is 0 Å². The van der Waals surface area contributed by atoms with Gasteiger partial charge in [0.2, 0.25) is 11.8 Å². The number of carbonyl (C=O) groups excluding carboxylic acids is 2. The minimum atomic E-state index is -0.00212. The van der Waals surface area contributed by atoms with Gasteiger partial charge in [0.15, 0.2) is 0 Å². The summed E-state index contributed by atoms with van der Waals surface area (Å²) < 4.78 is 0. The summed E-state index contributed by atoms with van der Waals surface area (Å²) in [4.78, 5) is 29.0. The van der Waals surface area contributed by atoms with Crippen molar-refractivity contribution in [1.29, 1.82) is 0 Å². The Morgan fingerprint density at radius 2 is 1.62 bits per heavy atom. The average Bonchev–Trinajstić information content (AvgIpc) is 2.92. The Morgan fingerprint density at radius 1 is 0.962 bits per heavy atom. The second-order valence-corrected chi connectivity index (χ2v) is 7.74. The Hall–Kier alpha value is -1.68. The summed E-state index contributed by atoms with van der Waals surface area (Å²) in [5, 5.41) is 0. The molecule has 1 aromatic carbocycles. The maximum Gasteiger partial charge on any atom is 0.233 e. The monoisotopic (exact) mass is 356 g/mol. The number of fused-ring (bicyclic) bond motifs is 1. The maximum absolute atomic E-state index is 12.5. The van der Waals surface area contributed by atoms with E-state index in [2.05, 4.69) is 42.2 Å². The highest BCUT2D eigenvalue weighted by Crippen LogP contribution is 2.38. The molecule has 0 N–H and O–H groups in total. The van der Waals surface area contributed by atoms with E-state index < -0.39 is 0 Å². The van der Waals surface area contributed by atoms with Crippen LogP contribution in [0, 0.1) is 11.8 Å². The van der Waals surface area contributed by atoms with E-state index in [9.17, 15) is 9.59 Å². The van der Waals surface area contributed by atoms with Crippen LogP contribution in [0.1, 0.15) is 57.4 Å². The van der Waals surface area contributed by atoms with Gasteiger partial charge in [0.05, 0.1) is 11.8 Å². The first kappa shape index (κ1) is 19.1. The normalized spacial score (nSPS) is 22.9. The van der Waals surface area contributed by atoms with Crippen LogP contribution in [0.3, 0.4) is 0 Å². The maximum atomic E-state index is 12.5. The first-order chi connectivity index (χ1) is 12.7. The molecule has 1 saturated heterocycles. The lowest BCUT2D eigenvalue weighted by Crippen LogP contribution is -2.32. The number of amides is 2. The first-order valence-corrected chi connectivity index (χ1v) is 10.3. The summed E-state index contributed by atoms with van der Waals surface area (Å²) in [7, 11) is 0. The lowest BCUT2D eigenvalue weighted by atomic mass is 9.81. The van der Waals surface area contributed by atoms with E-state index in [-0.39, 0.29) is 23.7 Å². The Bertz CT molecular complexity index is 577. The fraction of sp³-hybridized carbons (Fsp3) is 0.636. The predicted octanol–water partition coefficient (Wildman–Crippen LogP) is 3.85. The largest absolute Gasteiger partial charge is 0.299 e. The summed E-state index contributed by atoms with van der Waals surface area (Å²) in [5.41, 5.74) is 1.35. The van der Waals surface area contributed by atoms with Gasteiger partial charge in [0.25, 0.3) is 0 Å². The zero-order chi connectivity index (χ0) is 18.4. The van der Waals surface area contributed by atoms with Crippen molar-refractivity contribution < 1.29 is 9.59 Å². The van der Waals surface area contributed by atoms with Crippen LogP contribution in [-0.4, -0.2) is 41.2 Å². The van der Waals surface area contributed by atoms with Gasteiger partial charge in [-0.25, -0.2) is 0 Å². The van der Waals surface area contributed by atoms with Crippen molar-refractivity contribution in [3.63, 3.8) is 0 Å². The van der Waals surface area contributed by atoms with Crippen LogP contribution >= 0.6 is 0 Å². The van der Waals surface area contributed by atoms with Crippen LogP contribution in [-0.2, 0) is 16.1 Å². The van der Waals surface area contributed by atoms with Crippen molar-refractivity contribution >= 4 is 11.8 Å². The van der Waals surface area contributed by atoms with Gasteiger partial charge in [-0.15, -0.1) is 0 Å². The van der Waals surface area contributed by atoms with Gasteiger partial charge in [0, 0.05) is 13.1 Å². The van der Waals surface area contributed by atoms with Crippen molar-refractivity contribution in [2.45, 2.75) is 58.4 Å². The number of likely N-dealkylation sites (tertiary alicyclic amines) is 1. The number of carbonyl (C=O) groups is 2. The molecule has 0 bridgehead atoms. The van der Waals surface area contributed by atoms with Crippen molar-refractivity contribution in [2.24, 2.45) is 11.8 Å². The minimum Gasteiger partial charge on any atom is -0.299 e. The summed E-state index contributed by atoms with van der Waals surface area (Å²) in [6.07, 6.45) is 7.14. The molecule has 2 atom stereocenters. The van der Waals surface area contributed by atoms with Gasteiger partial charge in [-0.3, -0.25) is 19.4 Å². The molecule has 142 valence electrons. The summed E-state index contributed by atoms with van der Waals surface area (Å²) in [6, 6.07) is 10.6. The fourth-order valence-corrected chi connectivity index (χ4v) is 4.42.